The number of aromatic nitrogens is 4. The third-order valence-corrected chi connectivity index (χ3v) is 3.03. The van der Waals surface area contributed by atoms with E-state index in [0.29, 0.717) is 11.0 Å². The second-order valence-corrected chi connectivity index (χ2v) is 3.88. The van der Waals surface area contributed by atoms with Crippen molar-refractivity contribution < 1.29 is 0 Å². The van der Waals surface area contributed by atoms with E-state index in [1.807, 2.05) is 0 Å². The van der Waals surface area contributed by atoms with Crippen LogP contribution in [0.25, 0.3) is 11.0 Å². The lowest BCUT2D eigenvalue weighted by atomic mass is 10.4. The lowest BCUT2D eigenvalue weighted by Crippen LogP contribution is -2.19. The quantitative estimate of drug-likeness (QED) is 0.609. The summed E-state index contributed by atoms with van der Waals surface area (Å²) in [4.78, 5) is 16.0. The monoisotopic (exact) mass is 194 g/mol. The van der Waals surface area contributed by atoms with Gasteiger partial charge in [0.15, 0.2) is 10.8 Å². The highest BCUT2D eigenvalue weighted by Gasteiger charge is 2.17. The molecular formula is C7H6N4OS. The van der Waals surface area contributed by atoms with Gasteiger partial charge < -0.3 is 0 Å². The first kappa shape index (κ1) is 7.14. The predicted molar refractivity (Wildman–Crippen MR) is 48.9 cm³/mol. The van der Waals surface area contributed by atoms with E-state index in [1.165, 1.54) is 0 Å². The lowest BCUT2D eigenvalue weighted by molar-refractivity contribution is 0.668. The van der Waals surface area contributed by atoms with E-state index in [-0.39, 0.29) is 5.56 Å². The molecule has 0 aromatic carbocycles. The average Bonchev–Trinajstić information content (AvgIpc) is 2.71. The number of hydrogen-bond acceptors (Lipinski definition) is 4. The van der Waals surface area contributed by atoms with Gasteiger partial charge in [0.25, 0.3) is 5.56 Å². The predicted octanol–water partition coefficient (Wildman–Crippen LogP) is 0.225. The molecule has 3 heterocycles. The van der Waals surface area contributed by atoms with Crippen molar-refractivity contribution in [2.24, 2.45) is 0 Å². The number of H-pyrrole nitrogens is 1. The Labute approximate surface area is 77.2 Å². The van der Waals surface area contributed by atoms with Crippen LogP contribution in [0.4, 0.5) is 0 Å². The SMILES string of the molecule is O=c1c2c[nH]nc2nc2n1CCS2. The molecule has 0 unspecified atom stereocenters. The fraction of sp³-hybridized carbons (Fsp3) is 0.286. The summed E-state index contributed by atoms with van der Waals surface area (Å²) < 4.78 is 1.70. The van der Waals surface area contributed by atoms with Crippen molar-refractivity contribution in [3.8, 4) is 0 Å². The fourth-order valence-corrected chi connectivity index (χ4v) is 2.38. The number of aromatic amines is 1. The highest BCUT2D eigenvalue weighted by Crippen LogP contribution is 2.22. The van der Waals surface area contributed by atoms with Crippen LogP contribution >= 0.6 is 11.8 Å². The van der Waals surface area contributed by atoms with E-state index in [9.17, 15) is 4.79 Å². The summed E-state index contributed by atoms with van der Waals surface area (Å²) >= 11 is 1.60. The number of rotatable bonds is 0. The molecule has 0 amide bonds. The molecule has 0 radical (unpaired) electrons. The van der Waals surface area contributed by atoms with Gasteiger partial charge in [-0.15, -0.1) is 0 Å². The minimum absolute atomic E-state index is 0.0127. The van der Waals surface area contributed by atoms with E-state index < -0.39 is 0 Å². The van der Waals surface area contributed by atoms with Gasteiger partial charge >= 0.3 is 0 Å². The highest BCUT2D eigenvalue weighted by atomic mass is 32.2. The van der Waals surface area contributed by atoms with Crippen LogP contribution in [-0.4, -0.2) is 25.5 Å². The fourth-order valence-electron chi connectivity index (χ4n) is 1.44. The summed E-state index contributed by atoms with van der Waals surface area (Å²) in [7, 11) is 0. The third-order valence-electron chi connectivity index (χ3n) is 2.07. The minimum atomic E-state index is 0.0127. The van der Waals surface area contributed by atoms with Gasteiger partial charge in [0.2, 0.25) is 0 Å². The van der Waals surface area contributed by atoms with Crippen LogP contribution in [0.2, 0.25) is 0 Å². The van der Waals surface area contributed by atoms with E-state index >= 15 is 0 Å². The van der Waals surface area contributed by atoms with E-state index in [4.69, 9.17) is 0 Å². The summed E-state index contributed by atoms with van der Waals surface area (Å²) in [5.41, 5.74) is 0.532. The molecule has 2 aromatic heterocycles. The topological polar surface area (TPSA) is 63.6 Å². The maximum absolute atomic E-state index is 11.7. The second-order valence-electron chi connectivity index (χ2n) is 2.82. The van der Waals surface area contributed by atoms with Crippen molar-refractivity contribution in [1.82, 2.24) is 19.7 Å². The molecule has 0 saturated heterocycles. The number of nitrogens with zero attached hydrogens (tertiary/aromatic N) is 3. The Balaban J connectivity index is 2.53. The van der Waals surface area contributed by atoms with Crippen LogP contribution in [-0.2, 0) is 6.54 Å². The molecule has 2 aromatic rings. The average molecular weight is 194 g/mol. The molecule has 0 fully saturated rings. The van der Waals surface area contributed by atoms with Gasteiger partial charge in [-0.1, -0.05) is 11.8 Å². The minimum Gasteiger partial charge on any atom is -0.286 e. The van der Waals surface area contributed by atoms with Crippen molar-refractivity contribution in [2.45, 2.75) is 11.7 Å². The Hall–Kier alpha value is -1.30. The highest BCUT2D eigenvalue weighted by molar-refractivity contribution is 7.99. The van der Waals surface area contributed by atoms with Crippen LogP contribution in [0.15, 0.2) is 16.1 Å². The Bertz CT molecular complexity index is 529. The molecule has 0 spiro atoms. The maximum atomic E-state index is 11.7. The molecular weight excluding hydrogens is 188 g/mol. The zero-order chi connectivity index (χ0) is 8.84. The van der Waals surface area contributed by atoms with Gasteiger partial charge in [-0.25, -0.2) is 4.98 Å². The Kier molecular flexibility index (Phi) is 1.29. The maximum Gasteiger partial charge on any atom is 0.265 e. The lowest BCUT2D eigenvalue weighted by Gasteiger charge is -1.98. The van der Waals surface area contributed by atoms with Crippen LogP contribution < -0.4 is 5.56 Å². The molecule has 0 atom stereocenters. The molecule has 66 valence electrons. The van der Waals surface area contributed by atoms with Crippen molar-refractivity contribution in [1.29, 1.82) is 0 Å². The Morgan fingerprint density at radius 2 is 2.54 bits per heavy atom. The Morgan fingerprint density at radius 1 is 1.62 bits per heavy atom. The first-order valence-corrected chi connectivity index (χ1v) is 4.92. The molecule has 0 saturated carbocycles. The molecule has 3 rings (SSSR count). The first-order chi connectivity index (χ1) is 6.36. The van der Waals surface area contributed by atoms with Crippen LogP contribution in [0, 0.1) is 0 Å². The molecule has 1 aliphatic rings. The first-order valence-electron chi connectivity index (χ1n) is 3.93. The molecule has 1 N–H and O–H groups in total. The standard InChI is InChI=1S/C7H6N4OS/c12-6-4-3-8-10-5(4)9-7-11(6)1-2-13-7/h3H,1-2H2,(H,8,10). The Morgan fingerprint density at radius 3 is 3.46 bits per heavy atom. The molecule has 1 aliphatic heterocycles. The van der Waals surface area contributed by atoms with E-state index in [1.54, 1.807) is 22.5 Å². The number of hydrogen-bond donors (Lipinski definition) is 1. The van der Waals surface area contributed by atoms with Crippen LogP contribution in [0.5, 0.6) is 0 Å². The zero-order valence-corrected chi connectivity index (χ0v) is 7.47. The van der Waals surface area contributed by atoms with Gasteiger partial charge in [0.1, 0.15) is 5.39 Å². The van der Waals surface area contributed by atoms with Gasteiger partial charge in [0, 0.05) is 18.5 Å². The largest absolute Gasteiger partial charge is 0.286 e. The molecule has 0 bridgehead atoms. The second kappa shape index (κ2) is 2.35. The van der Waals surface area contributed by atoms with Crippen LogP contribution in [0.3, 0.4) is 0 Å². The number of nitrogens with one attached hydrogen (secondary N) is 1. The van der Waals surface area contributed by atoms with Crippen LogP contribution in [0.1, 0.15) is 0 Å². The zero-order valence-electron chi connectivity index (χ0n) is 6.65. The molecule has 0 aliphatic carbocycles. The van der Waals surface area contributed by atoms with Gasteiger partial charge in [-0.05, 0) is 0 Å². The van der Waals surface area contributed by atoms with Gasteiger partial charge in [-0.3, -0.25) is 14.5 Å². The molecule has 13 heavy (non-hydrogen) atoms. The summed E-state index contributed by atoms with van der Waals surface area (Å²) in [5.74, 6) is 0.929. The van der Waals surface area contributed by atoms with Crippen molar-refractivity contribution in [3.63, 3.8) is 0 Å². The van der Waals surface area contributed by atoms with Gasteiger partial charge in [-0.2, -0.15) is 5.10 Å². The molecule has 5 nitrogen and oxygen atoms in total. The van der Waals surface area contributed by atoms with Crippen molar-refractivity contribution >= 4 is 22.8 Å². The van der Waals surface area contributed by atoms with E-state index in [0.717, 1.165) is 17.5 Å². The smallest absolute Gasteiger partial charge is 0.265 e. The summed E-state index contributed by atoms with van der Waals surface area (Å²) in [6, 6.07) is 0. The summed E-state index contributed by atoms with van der Waals surface area (Å²) in [6.45, 7) is 0.757. The number of fused-ring (bicyclic) bond motifs is 2. The van der Waals surface area contributed by atoms with Crippen molar-refractivity contribution in [3.05, 3.63) is 16.6 Å². The summed E-state index contributed by atoms with van der Waals surface area (Å²) in [5, 5.41) is 7.90. The third kappa shape index (κ3) is 0.859. The van der Waals surface area contributed by atoms with Gasteiger partial charge in [0.05, 0.1) is 0 Å². The summed E-state index contributed by atoms with van der Waals surface area (Å²) in [6.07, 6.45) is 1.60. The number of thioether (sulfide) groups is 1. The van der Waals surface area contributed by atoms with E-state index in [2.05, 4.69) is 15.2 Å². The normalized spacial score (nSPS) is 15.1. The van der Waals surface area contributed by atoms with Crippen molar-refractivity contribution in [2.75, 3.05) is 5.75 Å². The molecule has 6 heteroatoms.